The van der Waals surface area contributed by atoms with Gasteiger partial charge in [-0.2, -0.15) is 0 Å². The summed E-state index contributed by atoms with van der Waals surface area (Å²) >= 11 is 1.32. The third kappa shape index (κ3) is 4.81. The van der Waals surface area contributed by atoms with Gasteiger partial charge < -0.3 is 11.1 Å². The van der Waals surface area contributed by atoms with Crippen molar-refractivity contribution in [3.05, 3.63) is 11.0 Å². The Balaban J connectivity index is 1.73. The number of carbonyl (C=O) groups is 3. The minimum Gasteiger partial charge on any atom is -0.355 e. The van der Waals surface area contributed by atoms with Gasteiger partial charge in [-0.25, -0.2) is 0 Å². The van der Waals surface area contributed by atoms with E-state index in [2.05, 4.69) is 5.32 Å². The largest absolute Gasteiger partial charge is 0.355 e. The minimum absolute atomic E-state index is 0.0845. The molecule has 0 bridgehead atoms. The zero-order valence-electron chi connectivity index (χ0n) is 13.5. The minimum atomic E-state index is -0.212. The molecule has 1 heterocycles. The maximum atomic E-state index is 12.3. The number of thioether (sulfide) groups is 1. The lowest BCUT2D eigenvalue weighted by Gasteiger charge is -2.18. The van der Waals surface area contributed by atoms with Gasteiger partial charge in [0.15, 0.2) is 0 Å². The van der Waals surface area contributed by atoms with Crippen LogP contribution in [-0.4, -0.2) is 48.0 Å². The zero-order valence-corrected chi connectivity index (χ0v) is 14.4. The fourth-order valence-electron chi connectivity index (χ4n) is 2.83. The third-order valence-electron chi connectivity index (χ3n) is 4.35. The van der Waals surface area contributed by atoms with Crippen LogP contribution in [0.25, 0.3) is 0 Å². The van der Waals surface area contributed by atoms with Crippen molar-refractivity contribution >= 4 is 29.5 Å². The molecule has 3 N–H and O–H groups in total. The summed E-state index contributed by atoms with van der Waals surface area (Å²) in [6, 6.07) is 0. The van der Waals surface area contributed by atoms with Crippen molar-refractivity contribution in [2.75, 3.05) is 25.4 Å². The fourth-order valence-corrected chi connectivity index (χ4v) is 3.67. The maximum Gasteiger partial charge on any atom is 0.267 e. The van der Waals surface area contributed by atoms with Crippen LogP contribution in [0.4, 0.5) is 0 Å². The maximum absolute atomic E-state index is 12.3. The van der Waals surface area contributed by atoms with Gasteiger partial charge in [0.25, 0.3) is 11.8 Å². The van der Waals surface area contributed by atoms with Crippen molar-refractivity contribution in [3.8, 4) is 0 Å². The second kappa shape index (κ2) is 8.49. The van der Waals surface area contributed by atoms with E-state index >= 15 is 0 Å². The zero-order chi connectivity index (χ0) is 16.8. The van der Waals surface area contributed by atoms with Crippen LogP contribution < -0.4 is 11.1 Å². The molecule has 1 fully saturated rings. The van der Waals surface area contributed by atoms with E-state index < -0.39 is 0 Å². The van der Waals surface area contributed by atoms with Gasteiger partial charge in [-0.1, -0.05) is 19.8 Å². The smallest absolute Gasteiger partial charge is 0.267 e. The molecule has 23 heavy (non-hydrogen) atoms. The van der Waals surface area contributed by atoms with Gasteiger partial charge in [0, 0.05) is 37.4 Å². The summed E-state index contributed by atoms with van der Waals surface area (Å²) in [5, 5.41) is 2.78. The average Bonchev–Trinajstić information content (AvgIpc) is 3.14. The predicted octanol–water partition coefficient (Wildman–Crippen LogP) is 0.874. The number of hydrogen-bond donors (Lipinski definition) is 2. The molecule has 2 rings (SSSR count). The number of hydrogen-bond acceptors (Lipinski definition) is 5. The van der Waals surface area contributed by atoms with Crippen molar-refractivity contribution in [2.45, 2.75) is 32.6 Å². The van der Waals surface area contributed by atoms with E-state index in [9.17, 15) is 14.4 Å². The molecule has 1 aliphatic carbocycles. The highest BCUT2D eigenvalue weighted by molar-refractivity contribution is 8.04. The van der Waals surface area contributed by atoms with Crippen molar-refractivity contribution in [1.82, 2.24) is 10.2 Å². The Labute approximate surface area is 141 Å². The molecule has 1 saturated carbocycles. The van der Waals surface area contributed by atoms with Crippen LogP contribution in [0.3, 0.4) is 0 Å². The summed E-state index contributed by atoms with van der Waals surface area (Å²) in [6.07, 6.45) is 6.01. The average molecular weight is 339 g/mol. The number of carbonyl (C=O) groups excluding carboxylic acids is 3. The topological polar surface area (TPSA) is 92.5 Å². The Morgan fingerprint density at radius 3 is 2.78 bits per heavy atom. The van der Waals surface area contributed by atoms with Crippen LogP contribution >= 0.6 is 11.8 Å². The third-order valence-corrected chi connectivity index (χ3v) is 5.36. The fraction of sp³-hybridized carbons (Fsp3) is 0.688. The molecule has 128 valence electrons. The van der Waals surface area contributed by atoms with E-state index in [1.807, 2.05) is 0 Å². The van der Waals surface area contributed by atoms with Crippen LogP contribution in [0.1, 0.15) is 32.6 Å². The number of imide groups is 1. The van der Waals surface area contributed by atoms with Crippen LogP contribution in [0.15, 0.2) is 11.0 Å². The summed E-state index contributed by atoms with van der Waals surface area (Å²) < 4.78 is 0. The molecule has 2 aliphatic rings. The first-order valence-electron chi connectivity index (χ1n) is 8.21. The molecule has 7 heteroatoms. The predicted molar refractivity (Wildman–Crippen MR) is 90.4 cm³/mol. The molecule has 0 spiro atoms. The second-order valence-electron chi connectivity index (χ2n) is 6.19. The summed E-state index contributed by atoms with van der Waals surface area (Å²) in [6.45, 7) is 3.08. The van der Waals surface area contributed by atoms with Crippen LogP contribution in [0.2, 0.25) is 0 Å². The Morgan fingerprint density at radius 2 is 2.13 bits per heavy atom. The monoisotopic (exact) mass is 339 g/mol. The second-order valence-corrected chi connectivity index (χ2v) is 7.33. The Morgan fingerprint density at radius 1 is 1.43 bits per heavy atom. The molecule has 0 aromatic heterocycles. The van der Waals surface area contributed by atoms with Gasteiger partial charge in [0.2, 0.25) is 5.91 Å². The molecule has 1 atom stereocenters. The van der Waals surface area contributed by atoms with Crippen LogP contribution in [0.5, 0.6) is 0 Å². The standard InChI is InChI=1S/C16H25N3O3S/c1-11(9-17)15(21)18-6-7-23-13-8-14(20)19(16(13)22)10-12-4-2-3-5-12/h8,11-12H,2-7,9-10,17H2,1H3,(H,18,21). The molecular weight excluding hydrogens is 314 g/mol. The SMILES string of the molecule is CC(CN)C(=O)NCCSC1=CC(=O)N(CC2CCCC2)C1=O. The van der Waals surface area contributed by atoms with E-state index in [1.165, 1.54) is 35.6 Å². The van der Waals surface area contributed by atoms with Crippen LogP contribution in [-0.2, 0) is 14.4 Å². The summed E-state index contributed by atoms with van der Waals surface area (Å²) in [5.74, 6) is 0.330. The lowest BCUT2D eigenvalue weighted by molar-refractivity contribution is -0.137. The molecule has 0 saturated heterocycles. The molecule has 0 aromatic carbocycles. The Bertz CT molecular complexity index is 501. The van der Waals surface area contributed by atoms with Gasteiger partial charge >= 0.3 is 0 Å². The molecular formula is C16H25N3O3S. The molecule has 1 aliphatic heterocycles. The summed E-state index contributed by atoms with van der Waals surface area (Å²) in [4.78, 5) is 37.7. The molecule has 3 amide bonds. The van der Waals surface area contributed by atoms with Crippen LogP contribution in [0, 0.1) is 11.8 Å². The van der Waals surface area contributed by atoms with Gasteiger partial charge in [-0.05, 0) is 18.8 Å². The van der Waals surface area contributed by atoms with Gasteiger partial charge in [-0.15, -0.1) is 11.8 Å². The van der Waals surface area contributed by atoms with Crippen molar-refractivity contribution in [1.29, 1.82) is 0 Å². The first-order chi connectivity index (χ1) is 11.0. The Hall–Kier alpha value is -1.34. The van der Waals surface area contributed by atoms with Gasteiger partial charge in [-0.3, -0.25) is 19.3 Å². The number of rotatable bonds is 8. The first kappa shape index (κ1) is 18.0. The highest BCUT2D eigenvalue weighted by Crippen LogP contribution is 2.29. The number of nitrogens with two attached hydrogens (primary N) is 1. The van der Waals surface area contributed by atoms with E-state index in [0.29, 0.717) is 36.2 Å². The van der Waals surface area contributed by atoms with Gasteiger partial charge in [0.05, 0.1) is 4.91 Å². The molecule has 0 radical (unpaired) electrons. The van der Waals surface area contributed by atoms with E-state index in [4.69, 9.17) is 5.73 Å². The number of amides is 3. The molecule has 1 unspecified atom stereocenters. The lowest BCUT2D eigenvalue weighted by Crippen LogP contribution is -2.35. The first-order valence-corrected chi connectivity index (χ1v) is 9.19. The Kier molecular flexibility index (Phi) is 6.65. The van der Waals surface area contributed by atoms with E-state index in [0.717, 1.165) is 12.8 Å². The highest BCUT2D eigenvalue weighted by atomic mass is 32.2. The number of nitrogens with zero attached hydrogens (tertiary/aromatic N) is 1. The highest BCUT2D eigenvalue weighted by Gasteiger charge is 2.33. The summed E-state index contributed by atoms with van der Waals surface area (Å²) in [5.41, 5.74) is 5.43. The normalized spacial score (nSPS) is 20.1. The summed E-state index contributed by atoms with van der Waals surface area (Å²) in [7, 11) is 0. The molecule has 0 aromatic rings. The lowest BCUT2D eigenvalue weighted by atomic mass is 10.1. The number of nitrogens with one attached hydrogen (secondary N) is 1. The van der Waals surface area contributed by atoms with Crippen molar-refractivity contribution < 1.29 is 14.4 Å². The van der Waals surface area contributed by atoms with Crippen molar-refractivity contribution in [3.63, 3.8) is 0 Å². The molecule has 6 nitrogen and oxygen atoms in total. The quantitative estimate of drug-likeness (QED) is 0.506. The van der Waals surface area contributed by atoms with Gasteiger partial charge in [0.1, 0.15) is 0 Å². The van der Waals surface area contributed by atoms with E-state index in [1.54, 1.807) is 6.92 Å². The van der Waals surface area contributed by atoms with E-state index in [-0.39, 0.29) is 23.6 Å². The van der Waals surface area contributed by atoms with Crippen molar-refractivity contribution in [2.24, 2.45) is 17.6 Å².